The summed E-state index contributed by atoms with van der Waals surface area (Å²) in [5.74, 6) is -0.153. The molecule has 4 nitrogen and oxygen atoms in total. The van der Waals surface area contributed by atoms with Gasteiger partial charge in [-0.15, -0.1) is 0 Å². The molecule has 1 aromatic carbocycles. The fourth-order valence-electron chi connectivity index (χ4n) is 1.28. The van der Waals surface area contributed by atoms with E-state index in [1.807, 2.05) is 19.1 Å². The smallest absolute Gasteiger partial charge is 0.238 e. The third-order valence-corrected chi connectivity index (χ3v) is 2.00. The first-order valence-corrected chi connectivity index (χ1v) is 4.63. The Bertz CT molecular complexity index is 407. The minimum absolute atomic E-state index is 0.153. The van der Waals surface area contributed by atoms with E-state index in [4.69, 9.17) is 5.26 Å². The summed E-state index contributed by atoms with van der Waals surface area (Å²) in [4.78, 5) is 11.3. The monoisotopic (exact) mass is 203 g/mol. The maximum Gasteiger partial charge on any atom is 0.238 e. The lowest BCUT2D eigenvalue weighted by atomic mass is 10.1. The number of carbonyl (C=O) groups is 1. The molecule has 1 aromatic rings. The molecule has 78 valence electrons. The van der Waals surface area contributed by atoms with Crippen LogP contribution in [-0.2, 0) is 4.79 Å². The van der Waals surface area contributed by atoms with Crippen molar-refractivity contribution in [3.8, 4) is 6.07 Å². The summed E-state index contributed by atoms with van der Waals surface area (Å²) in [5.41, 5.74) is 1.94. The Labute approximate surface area is 88.9 Å². The van der Waals surface area contributed by atoms with Crippen LogP contribution in [0.2, 0.25) is 0 Å². The van der Waals surface area contributed by atoms with E-state index in [9.17, 15) is 4.79 Å². The quantitative estimate of drug-likeness (QED) is 0.771. The standard InChI is InChI=1S/C11H13N3O/c1-8-4-3-5-10(9(8)6-12)14-11(15)7-13-2/h3-5,13H,7H2,1-2H3,(H,14,15). The summed E-state index contributed by atoms with van der Waals surface area (Å²) in [6.07, 6.45) is 0. The van der Waals surface area contributed by atoms with Gasteiger partial charge in [-0.3, -0.25) is 4.79 Å². The first kappa shape index (κ1) is 11.2. The topological polar surface area (TPSA) is 64.9 Å². The van der Waals surface area contributed by atoms with Crippen LogP contribution in [0.15, 0.2) is 18.2 Å². The van der Waals surface area contributed by atoms with Crippen molar-refractivity contribution in [2.24, 2.45) is 0 Å². The van der Waals surface area contributed by atoms with E-state index in [-0.39, 0.29) is 12.5 Å². The van der Waals surface area contributed by atoms with Gasteiger partial charge in [0.25, 0.3) is 0 Å². The number of likely N-dealkylation sites (N-methyl/N-ethyl adjacent to an activating group) is 1. The third-order valence-electron chi connectivity index (χ3n) is 2.00. The number of benzene rings is 1. The summed E-state index contributed by atoms with van der Waals surface area (Å²) >= 11 is 0. The molecule has 0 atom stereocenters. The molecule has 0 aliphatic rings. The molecule has 0 heterocycles. The molecule has 0 bridgehead atoms. The van der Waals surface area contributed by atoms with Gasteiger partial charge in [-0.05, 0) is 25.6 Å². The van der Waals surface area contributed by atoms with E-state index in [1.54, 1.807) is 13.1 Å². The van der Waals surface area contributed by atoms with E-state index < -0.39 is 0 Å². The SMILES string of the molecule is CNCC(=O)Nc1cccc(C)c1C#N. The highest BCUT2D eigenvalue weighted by molar-refractivity contribution is 5.93. The molecule has 4 heteroatoms. The van der Waals surface area contributed by atoms with Gasteiger partial charge in [-0.1, -0.05) is 12.1 Å². The number of aryl methyl sites for hydroxylation is 1. The van der Waals surface area contributed by atoms with E-state index in [2.05, 4.69) is 16.7 Å². The first-order chi connectivity index (χ1) is 7.19. The molecule has 0 spiro atoms. The highest BCUT2D eigenvalue weighted by Gasteiger charge is 2.07. The average Bonchev–Trinajstić information content (AvgIpc) is 2.18. The van der Waals surface area contributed by atoms with Crippen LogP contribution in [-0.4, -0.2) is 19.5 Å². The van der Waals surface area contributed by atoms with Gasteiger partial charge >= 0.3 is 0 Å². The number of anilines is 1. The van der Waals surface area contributed by atoms with Crippen LogP contribution in [0.1, 0.15) is 11.1 Å². The number of hydrogen-bond donors (Lipinski definition) is 2. The molecule has 0 saturated heterocycles. The number of rotatable bonds is 3. The molecule has 0 saturated carbocycles. The minimum atomic E-state index is -0.153. The van der Waals surface area contributed by atoms with Crippen LogP contribution < -0.4 is 10.6 Å². The second-order valence-corrected chi connectivity index (χ2v) is 3.19. The zero-order valence-corrected chi connectivity index (χ0v) is 8.79. The van der Waals surface area contributed by atoms with Crippen LogP contribution >= 0.6 is 0 Å². The Kier molecular flexibility index (Phi) is 3.83. The van der Waals surface area contributed by atoms with E-state index >= 15 is 0 Å². The zero-order valence-electron chi connectivity index (χ0n) is 8.79. The second kappa shape index (κ2) is 5.13. The number of nitriles is 1. The predicted molar refractivity (Wildman–Crippen MR) is 58.5 cm³/mol. The van der Waals surface area contributed by atoms with Crippen molar-refractivity contribution in [2.45, 2.75) is 6.92 Å². The predicted octanol–water partition coefficient (Wildman–Crippen LogP) is 1.02. The maximum atomic E-state index is 11.3. The molecule has 0 aliphatic carbocycles. The van der Waals surface area contributed by atoms with Gasteiger partial charge in [-0.25, -0.2) is 0 Å². The van der Waals surface area contributed by atoms with Crippen molar-refractivity contribution >= 4 is 11.6 Å². The van der Waals surface area contributed by atoms with Gasteiger partial charge in [0.05, 0.1) is 17.8 Å². The Balaban J connectivity index is 2.91. The lowest BCUT2D eigenvalue weighted by Gasteiger charge is -2.07. The summed E-state index contributed by atoms with van der Waals surface area (Å²) in [5, 5.41) is 14.3. The maximum absolute atomic E-state index is 11.3. The highest BCUT2D eigenvalue weighted by Crippen LogP contribution is 2.17. The molecule has 1 rings (SSSR count). The summed E-state index contributed by atoms with van der Waals surface area (Å²) in [6, 6.07) is 7.45. The summed E-state index contributed by atoms with van der Waals surface area (Å²) < 4.78 is 0. The van der Waals surface area contributed by atoms with Crippen molar-refractivity contribution in [1.29, 1.82) is 5.26 Å². The normalized spacial score (nSPS) is 9.40. The lowest BCUT2D eigenvalue weighted by Crippen LogP contribution is -2.25. The van der Waals surface area contributed by atoms with Crippen molar-refractivity contribution in [3.05, 3.63) is 29.3 Å². The molecule has 0 unspecified atom stereocenters. The summed E-state index contributed by atoms with van der Waals surface area (Å²) in [7, 11) is 1.70. The van der Waals surface area contributed by atoms with Crippen LogP contribution in [0.5, 0.6) is 0 Å². The lowest BCUT2D eigenvalue weighted by molar-refractivity contribution is -0.115. The molecule has 0 fully saturated rings. The van der Waals surface area contributed by atoms with Crippen molar-refractivity contribution in [3.63, 3.8) is 0 Å². The number of carbonyl (C=O) groups excluding carboxylic acids is 1. The number of nitrogens with one attached hydrogen (secondary N) is 2. The zero-order chi connectivity index (χ0) is 11.3. The highest BCUT2D eigenvalue weighted by atomic mass is 16.1. The Hall–Kier alpha value is -1.86. The van der Waals surface area contributed by atoms with Crippen LogP contribution in [0.3, 0.4) is 0 Å². The van der Waals surface area contributed by atoms with Gasteiger partial charge < -0.3 is 10.6 Å². The molecular formula is C11H13N3O. The van der Waals surface area contributed by atoms with E-state index in [0.717, 1.165) is 5.56 Å². The van der Waals surface area contributed by atoms with Crippen LogP contribution in [0, 0.1) is 18.3 Å². The molecule has 15 heavy (non-hydrogen) atoms. The molecule has 2 N–H and O–H groups in total. The van der Waals surface area contributed by atoms with Crippen molar-refractivity contribution in [2.75, 3.05) is 18.9 Å². The number of hydrogen-bond acceptors (Lipinski definition) is 3. The fourth-order valence-corrected chi connectivity index (χ4v) is 1.28. The number of nitrogens with zero attached hydrogens (tertiary/aromatic N) is 1. The van der Waals surface area contributed by atoms with Gasteiger partial charge in [0.2, 0.25) is 5.91 Å². The van der Waals surface area contributed by atoms with Crippen molar-refractivity contribution < 1.29 is 4.79 Å². The van der Waals surface area contributed by atoms with Gasteiger partial charge in [0.1, 0.15) is 6.07 Å². The third kappa shape index (κ3) is 2.79. The summed E-state index contributed by atoms with van der Waals surface area (Å²) in [6.45, 7) is 2.07. The average molecular weight is 203 g/mol. The van der Waals surface area contributed by atoms with Gasteiger partial charge in [0, 0.05) is 0 Å². The van der Waals surface area contributed by atoms with Gasteiger partial charge in [0.15, 0.2) is 0 Å². The Morgan fingerprint density at radius 2 is 2.27 bits per heavy atom. The molecule has 0 aromatic heterocycles. The Morgan fingerprint density at radius 3 is 2.87 bits per heavy atom. The van der Waals surface area contributed by atoms with Crippen LogP contribution in [0.25, 0.3) is 0 Å². The van der Waals surface area contributed by atoms with Gasteiger partial charge in [-0.2, -0.15) is 5.26 Å². The van der Waals surface area contributed by atoms with Crippen molar-refractivity contribution in [1.82, 2.24) is 5.32 Å². The largest absolute Gasteiger partial charge is 0.324 e. The first-order valence-electron chi connectivity index (χ1n) is 4.63. The molecule has 0 radical (unpaired) electrons. The van der Waals surface area contributed by atoms with E-state index in [0.29, 0.717) is 11.3 Å². The number of amides is 1. The molecule has 1 amide bonds. The van der Waals surface area contributed by atoms with E-state index in [1.165, 1.54) is 0 Å². The molecular weight excluding hydrogens is 190 g/mol. The molecule has 0 aliphatic heterocycles. The fraction of sp³-hybridized carbons (Fsp3) is 0.273. The minimum Gasteiger partial charge on any atom is -0.324 e. The Morgan fingerprint density at radius 1 is 1.53 bits per heavy atom. The second-order valence-electron chi connectivity index (χ2n) is 3.19. The van der Waals surface area contributed by atoms with Crippen LogP contribution in [0.4, 0.5) is 5.69 Å².